The van der Waals surface area contributed by atoms with E-state index in [2.05, 4.69) is 24.9 Å². The minimum atomic E-state index is 0.504. The zero-order valence-corrected chi connectivity index (χ0v) is 12.8. The monoisotopic (exact) mass is 280 g/mol. The van der Waals surface area contributed by atoms with E-state index in [0.717, 1.165) is 16.5 Å². The van der Waals surface area contributed by atoms with E-state index in [0.29, 0.717) is 12.6 Å². The van der Waals surface area contributed by atoms with Crippen LogP contribution in [0.3, 0.4) is 0 Å². The first-order valence-corrected chi connectivity index (χ1v) is 7.75. The van der Waals surface area contributed by atoms with Gasteiger partial charge in [0.15, 0.2) is 0 Å². The third kappa shape index (κ3) is 3.24. The van der Waals surface area contributed by atoms with Crippen LogP contribution in [0.1, 0.15) is 44.6 Å². The van der Waals surface area contributed by atoms with Gasteiger partial charge in [-0.3, -0.25) is 0 Å². The van der Waals surface area contributed by atoms with Gasteiger partial charge in [-0.1, -0.05) is 31.0 Å². The van der Waals surface area contributed by atoms with E-state index in [1.807, 2.05) is 12.1 Å². The quantitative estimate of drug-likeness (QED) is 0.895. The van der Waals surface area contributed by atoms with Crippen molar-refractivity contribution in [2.24, 2.45) is 11.7 Å². The molecule has 0 amide bonds. The Morgan fingerprint density at radius 3 is 2.53 bits per heavy atom. The summed E-state index contributed by atoms with van der Waals surface area (Å²) in [4.78, 5) is 2.39. The Labute approximate surface area is 121 Å². The fourth-order valence-corrected chi connectivity index (χ4v) is 3.46. The highest BCUT2D eigenvalue weighted by atomic mass is 35.5. The van der Waals surface area contributed by atoms with Gasteiger partial charge < -0.3 is 10.6 Å². The molecule has 1 saturated carbocycles. The first-order chi connectivity index (χ1) is 9.17. The van der Waals surface area contributed by atoms with Crippen LogP contribution in [0.5, 0.6) is 0 Å². The van der Waals surface area contributed by atoms with Gasteiger partial charge in [0.1, 0.15) is 0 Å². The summed E-state index contributed by atoms with van der Waals surface area (Å²) >= 11 is 6.25. The summed E-state index contributed by atoms with van der Waals surface area (Å²) in [5.74, 6) is 0.929. The zero-order valence-electron chi connectivity index (χ0n) is 12.0. The maximum atomic E-state index is 6.25. The molecular weight excluding hydrogens is 256 g/mol. The first-order valence-electron chi connectivity index (χ1n) is 7.37. The van der Waals surface area contributed by atoms with Crippen LogP contribution < -0.4 is 10.6 Å². The van der Waals surface area contributed by atoms with E-state index in [4.69, 9.17) is 17.3 Å². The third-order valence-electron chi connectivity index (χ3n) is 4.62. The SMILES string of the molecule is CCC1CCC(N(C)c2cccc(Cl)c2CN)CC1. The summed E-state index contributed by atoms with van der Waals surface area (Å²) in [5, 5.41) is 0.786. The van der Waals surface area contributed by atoms with Crippen LogP contribution in [0.2, 0.25) is 5.02 Å². The average Bonchev–Trinajstić information content (AvgIpc) is 2.46. The Morgan fingerprint density at radius 1 is 1.26 bits per heavy atom. The van der Waals surface area contributed by atoms with Crippen molar-refractivity contribution in [3.05, 3.63) is 28.8 Å². The highest BCUT2D eigenvalue weighted by Gasteiger charge is 2.24. The molecule has 1 aliphatic carbocycles. The van der Waals surface area contributed by atoms with E-state index < -0.39 is 0 Å². The molecule has 0 saturated heterocycles. The van der Waals surface area contributed by atoms with E-state index >= 15 is 0 Å². The van der Waals surface area contributed by atoms with Crippen molar-refractivity contribution in [2.45, 2.75) is 51.6 Å². The Hall–Kier alpha value is -0.730. The number of hydrogen-bond donors (Lipinski definition) is 1. The van der Waals surface area contributed by atoms with E-state index in [9.17, 15) is 0 Å². The van der Waals surface area contributed by atoms with Gasteiger partial charge in [0, 0.05) is 35.9 Å². The summed E-state index contributed by atoms with van der Waals surface area (Å²) in [6.45, 7) is 2.81. The minimum absolute atomic E-state index is 0.504. The summed E-state index contributed by atoms with van der Waals surface area (Å²) in [7, 11) is 2.18. The molecule has 1 fully saturated rings. The van der Waals surface area contributed by atoms with Gasteiger partial charge in [-0.15, -0.1) is 0 Å². The summed E-state index contributed by atoms with van der Waals surface area (Å²) in [6, 6.07) is 6.71. The Balaban J connectivity index is 2.12. The zero-order chi connectivity index (χ0) is 13.8. The van der Waals surface area contributed by atoms with Crippen molar-refractivity contribution in [1.29, 1.82) is 0 Å². The van der Waals surface area contributed by atoms with E-state index in [-0.39, 0.29) is 0 Å². The second kappa shape index (κ2) is 6.62. The minimum Gasteiger partial charge on any atom is -0.371 e. The molecule has 2 N–H and O–H groups in total. The number of rotatable bonds is 4. The third-order valence-corrected chi connectivity index (χ3v) is 4.97. The molecule has 0 aromatic heterocycles. The molecule has 0 unspecified atom stereocenters. The number of anilines is 1. The van der Waals surface area contributed by atoms with Crippen LogP contribution in [0.25, 0.3) is 0 Å². The van der Waals surface area contributed by atoms with Crippen molar-refractivity contribution >= 4 is 17.3 Å². The summed E-state index contributed by atoms with van der Waals surface area (Å²) in [6.07, 6.45) is 6.59. The van der Waals surface area contributed by atoms with Crippen LogP contribution >= 0.6 is 11.6 Å². The average molecular weight is 281 g/mol. The first kappa shape index (κ1) is 14.7. The largest absolute Gasteiger partial charge is 0.371 e. The van der Waals surface area contributed by atoms with Gasteiger partial charge >= 0.3 is 0 Å². The lowest BCUT2D eigenvalue weighted by Gasteiger charge is -2.36. The molecule has 106 valence electrons. The molecular formula is C16H25ClN2. The van der Waals surface area contributed by atoms with Crippen LogP contribution in [0.4, 0.5) is 5.69 Å². The molecule has 0 radical (unpaired) electrons. The van der Waals surface area contributed by atoms with Gasteiger partial charge in [-0.05, 0) is 43.7 Å². The van der Waals surface area contributed by atoms with Gasteiger partial charge in [-0.25, -0.2) is 0 Å². The number of hydrogen-bond acceptors (Lipinski definition) is 2. The van der Waals surface area contributed by atoms with Gasteiger partial charge in [0.2, 0.25) is 0 Å². The molecule has 19 heavy (non-hydrogen) atoms. The van der Waals surface area contributed by atoms with Gasteiger partial charge in [0.05, 0.1) is 0 Å². The topological polar surface area (TPSA) is 29.3 Å². The lowest BCUT2D eigenvalue weighted by Crippen LogP contribution is -2.35. The Kier molecular flexibility index (Phi) is 5.12. The Bertz CT molecular complexity index is 411. The van der Waals surface area contributed by atoms with Gasteiger partial charge in [-0.2, -0.15) is 0 Å². The normalized spacial score (nSPS) is 23.4. The molecule has 3 heteroatoms. The number of nitrogens with zero attached hydrogens (tertiary/aromatic N) is 1. The Morgan fingerprint density at radius 2 is 1.95 bits per heavy atom. The molecule has 1 aromatic rings. The lowest BCUT2D eigenvalue weighted by atomic mass is 9.84. The molecule has 1 aromatic carbocycles. The van der Waals surface area contributed by atoms with Gasteiger partial charge in [0.25, 0.3) is 0 Å². The smallest absolute Gasteiger partial charge is 0.0471 e. The number of benzene rings is 1. The lowest BCUT2D eigenvalue weighted by molar-refractivity contribution is 0.313. The molecule has 2 rings (SSSR count). The molecule has 0 bridgehead atoms. The van der Waals surface area contributed by atoms with Crippen LogP contribution in [0, 0.1) is 5.92 Å². The number of nitrogens with two attached hydrogens (primary N) is 1. The van der Waals surface area contributed by atoms with Crippen LogP contribution in [-0.2, 0) is 6.54 Å². The van der Waals surface area contributed by atoms with Crippen molar-refractivity contribution < 1.29 is 0 Å². The second-order valence-electron chi connectivity index (χ2n) is 5.64. The molecule has 0 aliphatic heterocycles. The molecule has 0 heterocycles. The fraction of sp³-hybridized carbons (Fsp3) is 0.625. The molecule has 1 aliphatic rings. The molecule has 0 atom stereocenters. The van der Waals surface area contributed by atoms with Crippen molar-refractivity contribution in [1.82, 2.24) is 0 Å². The van der Waals surface area contributed by atoms with Crippen molar-refractivity contribution in [3.63, 3.8) is 0 Å². The van der Waals surface area contributed by atoms with E-state index in [1.165, 1.54) is 37.8 Å². The van der Waals surface area contributed by atoms with Crippen LogP contribution in [-0.4, -0.2) is 13.1 Å². The maximum Gasteiger partial charge on any atom is 0.0471 e. The van der Waals surface area contributed by atoms with Crippen molar-refractivity contribution in [3.8, 4) is 0 Å². The molecule has 2 nitrogen and oxygen atoms in total. The van der Waals surface area contributed by atoms with Crippen molar-refractivity contribution in [2.75, 3.05) is 11.9 Å². The summed E-state index contributed by atoms with van der Waals surface area (Å²) < 4.78 is 0. The standard InChI is InChI=1S/C16H25ClN2/c1-3-12-7-9-13(10-8-12)19(2)16-6-4-5-15(17)14(16)11-18/h4-6,12-13H,3,7-11,18H2,1-2H3. The number of halogens is 1. The highest BCUT2D eigenvalue weighted by molar-refractivity contribution is 6.31. The maximum absolute atomic E-state index is 6.25. The summed E-state index contributed by atoms with van der Waals surface area (Å²) in [5.41, 5.74) is 8.13. The second-order valence-corrected chi connectivity index (χ2v) is 6.04. The fourth-order valence-electron chi connectivity index (χ4n) is 3.22. The highest BCUT2D eigenvalue weighted by Crippen LogP contribution is 2.34. The molecule has 0 spiro atoms. The van der Waals surface area contributed by atoms with E-state index in [1.54, 1.807) is 0 Å². The predicted octanol–water partition coefficient (Wildman–Crippen LogP) is 4.20. The predicted molar refractivity (Wildman–Crippen MR) is 83.8 cm³/mol. The van der Waals surface area contributed by atoms with Crippen LogP contribution in [0.15, 0.2) is 18.2 Å².